The molecule has 1 fully saturated rings. The number of benzene rings is 2. The summed E-state index contributed by atoms with van der Waals surface area (Å²) < 4.78 is 14.6. The maximum absolute atomic E-state index is 14.6. The second-order valence-corrected chi connectivity index (χ2v) is 7.52. The third kappa shape index (κ3) is 4.14. The van der Waals surface area contributed by atoms with Gasteiger partial charge in [0.25, 0.3) is 0 Å². The number of hydrogen-bond acceptors (Lipinski definition) is 3. The Morgan fingerprint density at radius 3 is 2.30 bits per heavy atom. The lowest BCUT2D eigenvalue weighted by atomic mass is 9.68. The molecule has 2 aromatic rings. The summed E-state index contributed by atoms with van der Waals surface area (Å²) in [5.41, 5.74) is 8.66. The van der Waals surface area contributed by atoms with Crippen molar-refractivity contribution in [3.63, 3.8) is 0 Å². The molecule has 4 nitrogen and oxygen atoms in total. The molecule has 0 radical (unpaired) electrons. The van der Waals surface area contributed by atoms with Gasteiger partial charge in [-0.05, 0) is 80.1 Å². The zero-order valence-electron chi connectivity index (χ0n) is 16.0. The number of anilines is 1. The van der Waals surface area contributed by atoms with Crippen LogP contribution in [0.5, 0.6) is 0 Å². The van der Waals surface area contributed by atoms with Crippen LogP contribution in [-0.2, 0) is 11.2 Å². The Bertz CT molecular complexity index is 796. The van der Waals surface area contributed by atoms with Gasteiger partial charge in [-0.2, -0.15) is 0 Å². The largest absolute Gasteiger partial charge is 0.388 e. The van der Waals surface area contributed by atoms with E-state index in [-0.39, 0.29) is 11.7 Å². The van der Waals surface area contributed by atoms with Gasteiger partial charge in [0.1, 0.15) is 5.82 Å². The number of hydrogen-bond donors (Lipinski definition) is 3. The van der Waals surface area contributed by atoms with Crippen LogP contribution in [0.4, 0.5) is 10.1 Å². The number of nitrogens with one attached hydrogen (secondary N) is 2. The van der Waals surface area contributed by atoms with Crippen molar-refractivity contribution in [2.75, 3.05) is 19.4 Å². The second-order valence-electron chi connectivity index (χ2n) is 7.52. The van der Waals surface area contributed by atoms with Crippen LogP contribution in [0.15, 0.2) is 42.5 Å². The quantitative estimate of drug-likeness (QED) is 0.727. The molecule has 144 valence electrons. The summed E-state index contributed by atoms with van der Waals surface area (Å²) in [4.78, 5) is 12.3. The average molecular weight is 369 g/mol. The van der Waals surface area contributed by atoms with Crippen LogP contribution in [0, 0.1) is 11.2 Å². The molecule has 3 rings (SSSR count). The molecular weight excluding hydrogens is 341 g/mol. The Balaban J connectivity index is 1.88. The number of primary amides is 1. The summed E-state index contributed by atoms with van der Waals surface area (Å²) >= 11 is 0. The standard InChI is InChI=1S/C22H28FN3O/c1-25-18-6-3-15(4-7-18)16-5-8-20(23)17(13-16)14-22(21(24)27)11-9-19(26-2)10-12-22/h3-8,13,19,25-26H,9-12,14H2,1-2H3,(H2,24,27). The van der Waals surface area contributed by atoms with Crippen LogP contribution >= 0.6 is 0 Å². The summed E-state index contributed by atoms with van der Waals surface area (Å²) in [5.74, 6) is -0.595. The van der Waals surface area contributed by atoms with Gasteiger partial charge in [-0.3, -0.25) is 4.79 Å². The first-order valence-corrected chi connectivity index (χ1v) is 9.51. The highest BCUT2D eigenvalue weighted by Crippen LogP contribution is 2.40. The van der Waals surface area contributed by atoms with Gasteiger partial charge in [0.05, 0.1) is 5.41 Å². The van der Waals surface area contributed by atoms with Crippen molar-refractivity contribution < 1.29 is 9.18 Å². The van der Waals surface area contributed by atoms with E-state index < -0.39 is 5.41 Å². The molecule has 0 spiro atoms. The molecular formula is C22H28FN3O. The van der Waals surface area contributed by atoms with Gasteiger partial charge >= 0.3 is 0 Å². The Labute approximate surface area is 160 Å². The minimum Gasteiger partial charge on any atom is -0.388 e. The molecule has 4 N–H and O–H groups in total. The van der Waals surface area contributed by atoms with E-state index in [1.54, 1.807) is 6.07 Å². The summed E-state index contributed by atoms with van der Waals surface area (Å²) in [5, 5.41) is 6.35. The predicted molar refractivity (Wildman–Crippen MR) is 108 cm³/mol. The van der Waals surface area contributed by atoms with E-state index in [0.29, 0.717) is 30.9 Å². The number of nitrogens with two attached hydrogens (primary N) is 1. The first-order valence-electron chi connectivity index (χ1n) is 9.51. The van der Waals surface area contributed by atoms with Crippen molar-refractivity contribution in [2.45, 2.75) is 38.1 Å². The summed E-state index contributed by atoms with van der Waals surface area (Å²) in [6.07, 6.45) is 3.49. The van der Waals surface area contributed by atoms with Gasteiger partial charge < -0.3 is 16.4 Å². The average Bonchev–Trinajstić information content (AvgIpc) is 2.70. The van der Waals surface area contributed by atoms with E-state index in [2.05, 4.69) is 10.6 Å². The van der Waals surface area contributed by atoms with Gasteiger partial charge in [0, 0.05) is 18.8 Å². The smallest absolute Gasteiger partial charge is 0.223 e. The van der Waals surface area contributed by atoms with Gasteiger partial charge in [-0.15, -0.1) is 0 Å². The number of carbonyl (C=O) groups is 1. The third-order valence-electron chi connectivity index (χ3n) is 5.96. The molecule has 27 heavy (non-hydrogen) atoms. The Morgan fingerprint density at radius 2 is 1.74 bits per heavy atom. The molecule has 0 bridgehead atoms. The SMILES string of the molecule is CNc1ccc(-c2ccc(F)c(CC3(C(N)=O)CCC(NC)CC3)c2)cc1. The molecule has 1 amide bonds. The van der Waals surface area contributed by atoms with Gasteiger partial charge in [0.2, 0.25) is 5.91 Å². The van der Waals surface area contributed by atoms with Gasteiger partial charge in [0.15, 0.2) is 0 Å². The van der Waals surface area contributed by atoms with Crippen molar-refractivity contribution in [2.24, 2.45) is 11.1 Å². The second kappa shape index (κ2) is 8.09. The van der Waals surface area contributed by atoms with Gasteiger partial charge in [-0.25, -0.2) is 4.39 Å². The fourth-order valence-electron chi connectivity index (χ4n) is 4.05. The van der Waals surface area contributed by atoms with Crippen molar-refractivity contribution >= 4 is 11.6 Å². The lowest BCUT2D eigenvalue weighted by Crippen LogP contribution is -2.45. The topological polar surface area (TPSA) is 67.1 Å². The Kier molecular flexibility index (Phi) is 5.80. The number of amides is 1. The van der Waals surface area contributed by atoms with Crippen LogP contribution < -0.4 is 16.4 Å². The zero-order chi connectivity index (χ0) is 19.4. The number of rotatable bonds is 6. The molecule has 1 aliphatic rings. The normalized spacial score (nSPS) is 22.4. The fraction of sp³-hybridized carbons (Fsp3) is 0.409. The van der Waals surface area contributed by atoms with E-state index in [0.717, 1.165) is 29.7 Å². The molecule has 5 heteroatoms. The van der Waals surface area contributed by atoms with E-state index >= 15 is 0 Å². The zero-order valence-corrected chi connectivity index (χ0v) is 16.0. The highest BCUT2D eigenvalue weighted by atomic mass is 19.1. The maximum Gasteiger partial charge on any atom is 0.223 e. The Morgan fingerprint density at radius 1 is 1.11 bits per heavy atom. The minimum atomic E-state index is -0.664. The van der Waals surface area contributed by atoms with Crippen LogP contribution in [-0.4, -0.2) is 26.0 Å². The van der Waals surface area contributed by atoms with E-state index in [4.69, 9.17) is 5.73 Å². The molecule has 0 unspecified atom stereocenters. The molecule has 0 aliphatic heterocycles. The van der Waals surface area contributed by atoms with Crippen molar-refractivity contribution in [3.8, 4) is 11.1 Å². The molecule has 0 saturated heterocycles. The molecule has 0 atom stereocenters. The monoisotopic (exact) mass is 369 g/mol. The highest BCUT2D eigenvalue weighted by Gasteiger charge is 2.40. The lowest BCUT2D eigenvalue weighted by Gasteiger charge is -2.38. The van der Waals surface area contributed by atoms with E-state index in [9.17, 15) is 9.18 Å². The van der Waals surface area contributed by atoms with Crippen LogP contribution in [0.2, 0.25) is 0 Å². The molecule has 1 saturated carbocycles. The van der Waals surface area contributed by atoms with Crippen molar-refractivity contribution in [3.05, 3.63) is 53.8 Å². The van der Waals surface area contributed by atoms with Crippen LogP contribution in [0.3, 0.4) is 0 Å². The molecule has 2 aromatic carbocycles. The van der Waals surface area contributed by atoms with Crippen molar-refractivity contribution in [1.29, 1.82) is 0 Å². The highest BCUT2D eigenvalue weighted by molar-refractivity contribution is 5.81. The number of halogens is 1. The van der Waals surface area contributed by atoms with Crippen LogP contribution in [0.25, 0.3) is 11.1 Å². The Hall–Kier alpha value is -2.40. The molecule has 1 aliphatic carbocycles. The van der Waals surface area contributed by atoms with Crippen LogP contribution in [0.1, 0.15) is 31.2 Å². The minimum absolute atomic E-state index is 0.276. The lowest BCUT2D eigenvalue weighted by molar-refractivity contribution is -0.129. The third-order valence-corrected chi connectivity index (χ3v) is 5.96. The summed E-state index contributed by atoms with van der Waals surface area (Å²) in [6.45, 7) is 0. The van der Waals surface area contributed by atoms with E-state index in [1.807, 2.05) is 44.4 Å². The van der Waals surface area contributed by atoms with Gasteiger partial charge in [-0.1, -0.05) is 18.2 Å². The number of carbonyl (C=O) groups excluding carboxylic acids is 1. The van der Waals surface area contributed by atoms with Crippen molar-refractivity contribution in [1.82, 2.24) is 5.32 Å². The summed E-state index contributed by atoms with van der Waals surface area (Å²) in [7, 11) is 3.81. The first-order chi connectivity index (χ1) is 13.0. The maximum atomic E-state index is 14.6. The first kappa shape index (κ1) is 19.4. The predicted octanol–water partition coefficient (Wildman–Crippen LogP) is 3.71. The molecule has 0 aromatic heterocycles. The molecule has 0 heterocycles. The fourth-order valence-corrected chi connectivity index (χ4v) is 4.05. The van der Waals surface area contributed by atoms with E-state index in [1.165, 1.54) is 6.07 Å². The summed E-state index contributed by atoms with van der Waals surface area (Å²) in [6, 6.07) is 13.5.